The van der Waals surface area contributed by atoms with Crippen molar-refractivity contribution in [3.8, 4) is 22.8 Å². The fourth-order valence-corrected chi connectivity index (χ4v) is 6.20. The minimum absolute atomic E-state index is 0.0425. The van der Waals surface area contributed by atoms with E-state index in [2.05, 4.69) is 4.98 Å². The number of rotatable bonds is 7. The van der Waals surface area contributed by atoms with Crippen LogP contribution in [0.25, 0.3) is 11.1 Å². The number of hydrogen-bond acceptors (Lipinski definition) is 8. The molecule has 2 aliphatic rings. The molecule has 1 unspecified atom stereocenters. The molecule has 0 bridgehead atoms. The van der Waals surface area contributed by atoms with Crippen LogP contribution in [0.4, 0.5) is 13.6 Å². The van der Waals surface area contributed by atoms with E-state index in [1.807, 2.05) is 30.3 Å². The summed E-state index contributed by atoms with van der Waals surface area (Å²) in [6, 6.07) is 9.77. The van der Waals surface area contributed by atoms with Gasteiger partial charge in [-0.1, -0.05) is 41.9 Å². The molecule has 3 aromatic rings. The zero-order valence-corrected chi connectivity index (χ0v) is 25.5. The Morgan fingerprint density at radius 2 is 1.93 bits per heavy atom. The van der Waals surface area contributed by atoms with Crippen LogP contribution in [0.15, 0.2) is 42.6 Å². The van der Waals surface area contributed by atoms with E-state index in [0.717, 1.165) is 19.4 Å². The maximum absolute atomic E-state index is 16.2. The molecule has 9 nitrogen and oxygen atoms in total. The van der Waals surface area contributed by atoms with Crippen LogP contribution in [-0.4, -0.2) is 65.6 Å². The second-order valence-electron chi connectivity index (χ2n) is 11.6. The number of likely N-dealkylation sites (tertiary alicyclic amines) is 1. The molecule has 1 fully saturated rings. The molecule has 2 atom stereocenters. The average Bonchev–Trinajstić information content (AvgIpc) is 3.63. The van der Waals surface area contributed by atoms with Crippen LogP contribution in [0.1, 0.15) is 55.1 Å². The van der Waals surface area contributed by atoms with Crippen LogP contribution in [0.5, 0.6) is 11.6 Å². The van der Waals surface area contributed by atoms with Gasteiger partial charge in [0.15, 0.2) is 11.4 Å². The minimum atomic E-state index is -1.24. The molecule has 5 rings (SSSR count). The van der Waals surface area contributed by atoms with Crippen LogP contribution >= 0.6 is 11.6 Å². The Hall–Kier alpha value is -3.96. The van der Waals surface area contributed by atoms with Crippen molar-refractivity contribution in [1.29, 1.82) is 0 Å². The number of fused-ring (bicyclic) bond motifs is 1. The second-order valence-corrected chi connectivity index (χ2v) is 12.0. The van der Waals surface area contributed by atoms with Gasteiger partial charge in [-0.15, -0.1) is 0 Å². The first kappa shape index (κ1) is 31.5. The highest BCUT2D eigenvalue weighted by Crippen LogP contribution is 2.53. The van der Waals surface area contributed by atoms with E-state index in [1.165, 1.54) is 0 Å². The third-order valence-corrected chi connectivity index (χ3v) is 8.04. The normalized spacial score (nSPS) is 19.4. The summed E-state index contributed by atoms with van der Waals surface area (Å²) in [5.74, 6) is -3.38. The number of amides is 1. The maximum Gasteiger partial charge on any atom is 0.410 e. The summed E-state index contributed by atoms with van der Waals surface area (Å²) in [4.78, 5) is 31.8. The van der Waals surface area contributed by atoms with E-state index in [4.69, 9.17) is 30.5 Å². The predicted molar refractivity (Wildman–Crippen MR) is 157 cm³/mol. The molecule has 1 saturated heterocycles. The Morgan fingerprint density at radius 3 is 2.59 bits per heavy atom. The van der Waals surface area contributed by atoms with Crippen LogP contribution in [-0.2, 0) is 21.5 Å². The van der Waals surface area contributed by atoms with Crippen molar-refractivity contribution in [1.82, 2.24) is 9.88 Å². The van der Waals surface area contributed by atoms with Crippen molar-refractivity contribution in [2.24, 2.45) is 0 Å². The van der Waals surface area contributed by atoms with Gasteiger partial charge in [-0.05, 0) is 39.2 Å². The van der Waals surface area contributed by atoms with Crippen LogP contribution in [0, 0.1) is 11.6 Å². The molecular weight excluding hydrogens is 598 g/mol. The molecule has 1 N–H and O–H groups in total. The molecule has 0 saturated carbocycles. The van der Waals surface area contributed by atoms with Crippen LogP contribution in [0.2, 0.25) is 5.02 Å². The lowest BCUT2D eigenvalue weighted by Gasteiger charge is -2.40. The zero-order chi connectivity index (χ0) is 31.8. The van der Waals surface area contributed by atoms with Crippen molar-refractivity contribution in [3.63, 3.8) is 0 Å². The zero-order valence-electron chi connectivity index (χ0n) is 24.8. The first-order chi connectivity index (χ1) is 20.9. The summed E-state index contributed by atoms with van der Waals surface area (Å²) in [7, 11) is 1.12. The van der Waals surface area contributed by atoms with Gasteiger partial charge in [0.05, 0.1) is 30.3 Å². The second kappa shape index (κ2) is 12.2. The summed E-state index contributed by atoms with van der Waals surface area (Å²) >= 11 is 6.58. The summed E-state index contributed by atoms with van der Waals surface area (Å²) in [5, 5.41) is 8.76. The lowest BCUT2D eigenvalue weighted by molar-refractivity contribution is -0.0216. The van der Waals surface area contributed by atoms with Crippen LogP contribution in [0.3, 0.4) is 0 Å². The maximum atomic E-state index is 16.2. The van der Waals surface area contributed by atoms with E-state index in [9.17, 15) is 14.7 Å². The Bertz CT molecular complexity index is 1580. The molecule has 12 heteroatoms. The first-order valence-electron chi connectivity index (χ1n) is 14.2. The van der Waals surface area contributed by atoms with Gasteiger partial charge < -0.3 is 29.0 Å². The molecule has 0 spiro atoms. The third kappa shape index (κ3) is 5.66. The Morgan fingerprint density at radius 1 is 1.20 bits per heavy atom. The molecule has 2 aliphatic heterocycles. The Labute approximate surface area is 258 Å². The molecule has 3 heterocycles. The van der Waals surface area contributed by atoms with Crippen molar-refractivity contribution in [2.75, 3.05) is 26.9 Å². The molecule has 44 heavy (non-hydrogen) atoms. The van der Waals surface area contributed by atoms with Crippen LogP contribution < -0.4 is 9.47 Å². The topological polar surface area (TPSA) is 107 Å². The fraction of sp³-hybridized carbons (Fsp3) is 0.406. The number of carbonyl (C=O) groups is 2. The Balaban J connectivity index is 1.72. The van der Waals surface area contributed by atoms with Crippen molar-refractivity contribution >= 4 is 23.7 Å². The number of aromatic nitrogens is 1. The number of pyridine rings is 1. The van der Waals surface area contributed by atoms with E-state index in [-0.39, 0.29) is 35.5 Å². The van der Waals surface area contributed by atoms with E-state index in [0.29, 0.717) is 30.5 Å². The molecular formula is C32H33ClF2N2O7. The van der Waals surface area contributed by atoms with Gasteiger partial charge in [0.25, 0.3) is 5.88 Å². The van der Waals surface area contributed by atoms with Gasteiger partial charge in [-0.2, -0.15) is 0 Å². The molecule has 2 aromatic carbocycles. The molecule has 0 radical (unpaired) electrons. The van der Waals surface area contributed by atoms with Gasteiger partial charge in [0, 0.05) is 41.9 Å². The summed E-state index contributed by atoms with van der Waals surface area (Å²) in [6.07, 6.45) is 1.78. The molecule has 1 aromatic heterocycles. The monoisotopic (exact) mass is 630 g/mol. The van der Waals surface area contributed by atoms with Gasteiger partial charge >= 0.3 is 12.1 Å². The number of hydrogen-bond donors (Lipinski definition) is 1. The highest BCUT2D eigenvalue weighted by Gasteiger charge is 2.54. The smallest absolute Gasteiger partial charge is 0.410 e. The van der Waals surface area contributed by atoms with Crippen molar-refractivity contribution in [2.45, 2.75) is 57.3 Å². The van der Waals surface area contributed by atoms with Gasteiger partial charge in [-0.3, -0.25) is 0 Å². The number of methoxy groups -OCH3 is 1. The standard InChI is InChI=1S/C32H33ClF2N2O7/c1-31(2,3)44-30(40)37-12-8-11-23(37)32(18-9-6-5-7-10-18)16-19-22(43-32)15-21(34)26(33)24(19)25-20(29(39)41-4)17-36-28(27(25)35)42-14-13-38/h5-7,9-10,15,17,23,38H,8,11-14,16H2,1-4H3/t23-,32?/m0/s1. The largest absolute Gasteiger partial charge is 0.480 e. The number of aliphatic hydroxyl groups excluding tert-OH is 1. The summed E-state index contributed by atoms with van der Waals surface area (Å²) in [6.45, 7) is 5.05. The predicted octanol–water partition coefficient (Wildman–Crippen LogP) is 6.07. The molecule has 234 valence electrons. The third-order valence-electron chi connectivity index (χ3n) is 7.67. The van der Waals surface area contributed by atoms with Gasteiger partial charge in [0.1, 0.15) is 23.8 Å². The van der Waals surface area contributed by atoms with E-state index < -0.39 is 58.5 Å². The minimum Gasteiger partial charge on any atom is -0.480 e. The lowest BCUT2D eigenvalue weighted by Crippen LogP contribution is -2.53. The average molecular weight is 631 g/mol. The quantitative estimate of drug-likeness (QED) is 0.314. The lowest BCUT2D eigenvalue weighted by atomic mass is 9.80. The number of carbonyl (C=O) groups excluding carboxylic acids is 2. The number of benzene rings is 2. The highest BCUT2D eigenvalue weighted by atomic mass is 35.5. The number of aliphatic hydroxyl groups is 1. The van der Waals surface area contributed by atoms with Gasteiger partial charge in [-0.25, -0.2) is 23.4 Å². The fourth-order valence-electron chi connectivity index (χ4n) is 5.93. The summed E-state index contributed by atoms with van der Waals surface area (Å²) in [5.41, 5.74) is -1.79. The Kier molecular flexibility index (Phi) is 8.73. The molecule has 1 amide bonds. The van der Waals surface area contributed by atoms with Crippen molar-refractivity contribution < 1.29 is 42.4 Å². The van der Waals surface area contributed by atoms with Crippen molar-refractivity contribution in [3.05, 3.63) is 75.9 Å². The number of esters is 1. The summed E-state index contributed by atoms with van der Waals surface area (Å²) < 4.78 is 54.3. The van der Waals surface area contributed by atoms with E-state index in [1.54, 1.807) is 25.7 Å². The number of nitrogens with zero attached hydrogens (tertiary/aromatic N) is 2. The van der Waals surface area contributed by atoms with E-state index >= 15 is 8.78 Å². The van der Waals surface area contributed by atoms with Gasteiger partial charge in [0.2, 0.25) is 0 Å². The number of ether oxygens (including phenoxy) is 4. The molecule has 0 aliphatic carbocycles. The SMILES string of the molecule is COC(=O)c1cnc(OCCO)c(F)c1-c1c(Cl)c(F)cc2c1CC(c1ccccc1)([C@@H]1CCCN1C(=O)OC(C)(C)C)O2. The number of halogens is 3. The first-order valence-corrected chi connectivity index (χ1v) is 14.6. The highest BCUT2D eigenvalue weighted by molar-refractivity contribution is 6.34.